The molecule has 1 aromatic carbocycles. The molecule has 0 aliphatic carbocycles. The second kappa shape index (κ2) is 6.19. The van der Waals surface area contributed by atoms with E-state index in [-0.39, 0.29) is 4.90 Å². The van der Waals surface area contributed by atoms with Crippen molar-refractivity contribution >= 4 is 9.84 Å². The van der Waals surface area contributed by atoms with Crippen LogP contribution in [-0.2, 0) is 9.84 Å². The molecule has 0 aliphatic rings. The molecule has 0 unspecified atom stereocenters. The first-order valence-electron chi connectivity index (χ1n) is 5.86. The third-order valence-electron chi connectivity index (χ3n) is 2.58. The molecule has 21 heavy (non-hydrogen) atoms. The zero-order valence-electron chi connectivity index (χ0n) is 10.8. The summed E-state index contributed by atoms with van der Waals surface area (Å²) in [4.78, 5) is 3.90. The van der Waals surface area contributed by atoms with Crippen molar-refractivity contribution in [3.05, 3.63) is 59.4 Å². The molecular formula is C15H10N2O3S. The Kier molecular flexibility index (Phi) is 4.34. The highest BCUT2D eigenvalue weighted by molar-refractivity contribution is 7.91. The van der Waals surface area contributed by atoms with Crippen LogP contribution in [0.25, 0.3) is 0 Å². The number of hydrogen-bond acceptors (Lipinski definition) is 5. The number of aliphatic hydroxyl groups excluding tert-OH is 1. The zero-order valence-corrected chi connectivity index (χ0v) is 11.6. The van der Waals surface area contributed by atoms with Crippen molar-refractivity contribution in [2.24, 2.45) is 0 Å². The van der Waals surface area contributed by atoms with E-state index in [0.717, 1.165) is 0 Å². The average molecular weight is 298 g/mol. The van der Waals surface area contributed by atoms with E-state index in [9.17, 15) is 8.42 Å². The van der Waals surface area contributed by atoms with Gasteiger partial charge in [-0.15, -0.1) is 0 Å². The van der Waals surface area contributed by atoms with Crippen molar-refractivity contribution < 1.29 is 13.5 Å². The number of rotatable bonds is 2. The molecule has 6 heteroatoms. The summed E-state index contributed by atoms with van der Waals surface area (Å²) in [7, 11) is -3.68. The van der Waals surface area contributed by atoms with Crippen LogP contribution >= 0.6 is 0 Å². The second-order valence-corrected chi connectivity index (χ2v) is 6.05. The first-order valence-corrected chi connectivity index (χ1v) is 7.51. The first-order chi connectivity index (χ1) is 10.0. The Morgan fingerprint density at radius 2 is 1.81 bits per heavy atom. The Hall–Kier alpha value is -2.67. The second-order valence-electron chi connectivity index (χ2n) is 4.10. The van der Waals surface area contributed by atoms with Crippen LogP contribution in [-0.4, -0.2) is 24.4 Å². The minimum atomic E-state index is -3.68. The SMILES string of the molecule is N#Cc1cncc(C#Cc2cccc(S(=O)(=O)CO)c2)c1. The van der Waals surface area contributed by atoms with E-state index >= 15 is 0 Å². The van der Waals surface area contributed by atoms with Gasteiger partial charge in [-0.25, -0.2) is 8.42 Å². The van der Waals surface area contributed by atoms with Crippen molar-refractivity contribution in [3.8, 4) is 17.9 Å². The molecule has 1 N–H and O–H groups in total. The van der Waals surface area contributed by atoms with Gasteiger partial charge in [0, 0.05) is 23.5 Å². The predicted octanol–water partition coefficient (Wildman–Crippen LogP) is 1.08. The lowest BCUT2D eigenvalue weighted by Crippen LogP contribution is -2.05. The Morgan fingerprint density at radius 3 is 2.52 bits per heavy atom. The molecule has 0 radical (unpaired) electrons. The van der Waals surface area contributed by atoms with Crippen LogP contribution in [0.1, 0.15) is 16.7 Å². The van der Waals surface area contributed by atoms with Crippen molar-refractivity contribution in [1.82, 2.24) is 4.98 Å². The molecule has 0 aliphatic heterocycles. The number of sulfone groups is 1. The van der Waals surface area contributed by atoms with Crippen LogP contribution < -0.4 is 0 Å². The van der Waals surface area contributed by atoms with Crippen LogP contribution in [0.2, 0.25) is 0 Å². The van der Waals surface area contributed by atoms with Gasteiger partial charge >= 0.3 is 0 Å². The molecule has 0 saturated heterocycles. The van der Waals surface area contributed by atoms with Gasteiger partial charge in [0.2, 0.25) is 9.84 Å². The molecule has 5 nitrogen and oxygen atoms in total. The van der Waals surface area contributed by atoms with Crippen LogP contribution in [0.5, 0.6) is 0 Å². The smallest absolute Gasteiger partial charge is 0.202 e. The molecule has 1 heterocycles. The fourth-order valence-corrected chi connectivity index (χ4v) is 2.30. The Morgan fingerprint density at radius 1 is 1.10 bits per heavy atom. The van der Waals surface area contributed by atoms with Gasteiger partial charge in [0.15, 0.2) is 0 Å². The lowest BCUT2D eigenvalue weighted by molar-refractivity contribution is 0.358. The minimum Gasteiger partial charge on any atom is -0.380 e. The third-order valence-corrected chi connectivity index (χ3v) is 3.89. The molecule has 0 amide bonds. The van der Waals surface area contributed by atoms with E-state index in [4.69, 9.17) is 10.4 Å². The number of aromatic nitrogens is 1. The van der Waals surface area contributed by atoms with E-state index in [1.165, 1.54) is 24.5 Å². The lowest BCUT2D eigenvalue weighted by atomic mass is 10.2. The highest BCUT2D eigenvalue weighted by Gasteiger charge is 2.12. The summed E-state index contributed by atoms with van der Waals surface area (Å²) in [6.45, 7) is 0. The molecule has 2 rings (SSSR count). The largest absolute Gasteiger partial charge is 0.380 e. The van der Waals surface area contributed by atoms with E-state index in [2.05, 4.69) is 16.8 Å². The van der Waals surface area contributed by atoms with Gasteiger partial charge in [0.1, 0.15) is 12.0 Å². The summed E-state index contributed by atoms with van der Waals surface area (Å²) in [6.07, 6.45) is 2.95. The maximum absolute atomic E-state index is 11.6. The summed E-state index contributed by atoms with van der Waals surface area (Å²) >= 11 is 0. The van der Waals surface area contributed by atoms with Gasteiger partial charge in [-0.2, -0.15) is 5.26 Å². The van der Waals surface area contributed by atoms with Crippen molar-refractivity contribution in [3.63, 3.8) is 0 Å². The van der Waals surface area contributed by atoms with Gasteiger partial charge < -0.3 is 5.11 Å². The molecule has 2 aromatic rings. The predicted molar refractivity (Wildman–Crippen MR) is 75.6 cm³/mol. The van der Waals surface area contributed by atoms with Gasteiger partial charge in [-0.1, -0.05) is 17.9 Å². The van der Waals surface area contributed by atoms with E-state index in [1.807, 2.05) is 6.07 Å². The monoisotopic (exact) mass is 298 g/mol. The molecule has 0 saturated carbocycles. The maximum Gasteiger partial charge on any atom is 0.202 e. The van der Waals surface area contributed by atoms with Crippen LogP contribution in [0, 0.1) is 23.2 Å². The number of nitriles is 1. The molecule has 0 fully saturated rings. The lowest BCUT2D eigenvalue weighted by Gasteiger charge is -2.00. The zero-order chi connectivity index (χ0) is 15.3. The first kappa shape index (κ1) is 14.7. The molecule has 0 spiro atoms. The minimum absolute atomic E-state index is 0.0145. The molecule has 104 valence electrons. The fourth-order valence-electron chi connectivity index (χ4n) is 1.56. The van der Waals surface area contributed by atoms with Gasteiger partial charge in [-0.05, 0) is 24.3 Å². The molecule has 0 bridgehead atoms. The quantitative estimate of drug-likeness (QED) is 0.838. The Labute approximate surface area is 122 Å². The van der Waals surface area contributed by atoms with E-state index in [0.29, 0.717) is 16.7 Å². The number of pyridine rings is 1. The summed E-state index contributed by atoms with van der Waals surface area (Å²) in [6, 6.07) is 9.55. The van der Waals surface area contributed by atoms with E-state index < -0.39 is 15.8 Å². The van der Waals surface area contributed by atoms with Crippen molar-refractivity contribution in [2.45, 2.75) is 4.90 Å². The summed E-state index contributed by atoms with van der Waals surface area (Å²) in [5, 5.41) is 17.6. The third kappa shape index (κ3) is 3.67. The molecule has 0 atom stereocenters. The number of nitrogens with zero attached hydrogens (tertiary/aromatic N) is 2. The van der Waals surface area contributed by atoms with Crippen LogP contribution in [0.4, 0.5) is 0 Å². The summed E-state index contributed by atoms with van der Waals surface area (Å²) in [5.41, 5.74) is 1.45. The van der Waals surface area contributed by atoms with Crippen molar-refractivity contribution in [2.75, 3.05) is 5.94 Å². The topological polar surface area (TPSA) is 91.0 Å². The fraction of sp³-hybridized carbons (Fsp3) is 0.0667. The summed E-state index contributed by atoms with van der Waals surface area (Å²) < 4.78 is 23.1. The number of hydrogen-bond donors (Lipinski definition) is 1. The van der Waals surface area contributed by atoms with Crippen LogP contribution in [0.15, 0.2) is 47.6 Å². The molecular weight excluding hydrogens is 288 g/mol. The number of benzene rings is 1. The van der Waals surface area contributed by atoms with Gasteiger partial charge in [-0.3, -0.25) is 4.98 Å². The Balaban J connectivity index is 2.36. The van der Waals surface area contributed by atoms with Crippen molar-refractivity contribution in [1.29, 1.82) is 5.26 Å². The average Bonchev–Trinajstić information content (AvgIpc) is 2.53. The molecule has 1 aromatic heterocycles. The standard InChI is InChI=1S/C15H10N2O3S/c16-8-14-6-13(9-17-10-14)5-4-12-2-1-3-15(7-12)21(19,20)11-18/h1-3,6-7,9-10,18H,11H2. The van der Waals surface area contributed by atoms with E-state index in [1.54, 1.807) is 18.2 Å². The number of aliphatic hydroxyl groups is 1. The van der Waals surface area contributed by atoms with Gasteiger partial charge in [0.25, 0.3) is 0 Å². The normalized spacial score (nSPS) is 10.3. The summed E-state index contributed by atoms with van der Waals surface area (Å²) in [5.74, 6) is 4.67. The van der Waals surface area contributed by atoms with Crippen LogP contribution in [0.3, 0.4) is 0 Å². The Bertz CT molecular complexity index is 872. The highest BCUT2D eigenvalue weighted by Crippen LogP contribution is 2.12. The highest BCUT2D eigenvalue weighted by atomic mass is 32.2. The maximum atomic E-state index is 11.6. The van der Waals surface area contributed by atoms with Gasteiger partial charge in [0.05, 0.1) is 10.5 Å².